The first-order chi connectivity index (χ1) is 14.5. The molecule has 0 heterocycles. The number of esters is 1. The molecular weight excluding hydrogens is 390 g/mol. The second-order valence-electron chi connectivity index (χ2n) is 5.97. The lowest BCUT2D eigenvalue weighted by atomic mass is 10.2. The van der Waals surface area contributed by atoms with Gasteiger partial charge in [0.25, 0.3) is 5.91 Å². The number of methoxy groups -OCH3 is 3. The Balaban J connectivity index is 1.85. The Morgan fingerprint density at radius 2 is 1.67 bits per heavy atom. The van der Waals surface area contributed by atoms with Gasteiger partial charge in [-0.15, -0.1) is 0 Å². The number of anilines is 1. The third-order valence-electron chi connectivity index (χ3n) is 3.94. The predicted octanol–water partition coefficient (Wildman–Crippen LogP) is 3.31. The molecule has 30 heavy (non-hydrogen) atoms. The summed E-state index contributed by atoms with van der Waals surface area (Å²) in [5, 5.41) is 2.61. The average Bonchev–Trinajstić information content (AvgIpc) is 2.77. The second kappa shape index (κ2) is 11.4. The summed E-state index contributed by atoms with van der Waals surface area (Å²) in [5.74, 6) is 0.692. The fourth-order valence-corrected chi connectivity index (χ4v) is 2.51. The van der Waals surface area contributed by atoms with E-state index in [4.69, 9.17) is 23.7 Å². The average molecular weight is 415 g/mol. The van der Waals surface area contributed by atoms with Gasteiger partial charge >= 0.3 is 5.97 Å². The number of hydrogen-bond acceptors (Lipinski definition) is 7. The van der Waals surface area contributed by atoms with E-state index in [9.17, 15) is 9.59 Å². The van der Waals surface area contributed by atoms with Crippen LogP contribution in [0.2, 0.25) is 0 Å². The van der Waals surface area contributed by atoms with Gasteiger partial charge in [0, 0.05) is 6.07 Å². The van der Waals surface area contributed by atoms with E-state index < -0.39 is 18.5 Å². The maximum atomic E-state index is 12.1. The quantitative estimate of drug-likeness (QED) is 0.595. The largest absolute Gasteiger partial charge is 0.497 e. The Kier molecular flexibility index (Phi) is 8.56. The molecule has 1 N–H and O–H groups in total. The molecule has 0 radical (unpaired) electrons. The summed E-state index contributed by atoms with van der Waals surface area (Å²) < 4.78 is 26.0. The van der Waals surface area contributed by atoms with Gasteiger partial charge in [0.1, 0.15) is 11.5 Å². The first-order valence-electron chi connectivity index (χ1n) is 9.11. The van der Waals surface area contributed by atoms with Gasteiger partial charge in [-0.2, -0.15) is 0 Å². The van der Waals surface area contributed by atoms with Crippen molar-refractivity contribution in [3.8, 4) is 23.0 Å². The molecule has 0 saturated heterocycles. The van der Waals surface area contributed by atoms with E-state index in [1.54, 1.807) is 30.3 Å². The summed E-state index contributed by atoms with van der Waals surface area (Å²) in [6.07, 6.45) is 3.82. The third-order valence-corrected chi connectivity index (χ3v) is 3.94. The molecule has 8 heteroatoms. The molecule has 160 valence electrons. The Bertz CT molecular complexity index is 908. The number of carbonyl (C=O) groups is 2. The van der Waals surface area contributed by atoms with E-state index >= 15 is 0 Å². The molecular formula is C22H25NO7. The number of rotatable bonds is 10. The minimum Gasteiger partial charge on any atom is -0.497 e. The number of carbonyl (C=O) groups excluding carboxylic acids is 2. The molecule has 0 unspecified atom stereocenters. The van der Waals surface area contributed by atoms with Crippen LogP contribution >= 0.6 is 0 Å². The minimum absolute atomic E-state index is 0.363. The van der Waals surface area contributed by atoms with E-state index in [0.29, 0.717) is 28.7 Å². The fourth-order valence-electron chi connectivity index (χ4n) is 2.51. The summed E-state index contributed by atoms with van der Waals surface area (Å²) in [5.41, 5.74) is 1.37. The van der Waals surface area contributed by atoms with Crippen LogP contribution in [0.4, 0.5) is 5.69 Å². The number of hydrogen-bond donors (Lipinski definition) is 1. The molecule has 0 aliphatic rings. The van der Waals surface area contributed by atoms with E-state index in [1.165, 1.54) is 21.3 Å². The van der Waals surface area contributed by atoms with Crippen LogP contribution in [0.25, 0.3) is 6.08 Å². The normalized spacial score (nSPS) is 10.4. The van der Waals surface area contributed by atoms with E-state index in [1.807, 2.05) is 25.1 Å². The first kappa shape index (κ1) is 22.6. The Morgan fingerprint density at radius 3 is 2.33 bits per heavy atom. The van der Waals surface area contributed by atoms with Crippen molar-refractivity contribution in [2.45, 2.75) is 6.92 Å². The van der Waals surface area contributed by atoms with Crippen LogP contribution < -0.4 is 24.3 Å². The Labute approximate surface area is 175 Å². The molecule has 0 spiro atoms. The van der Waals surface area contributed by atoms with Gasteiger partial charge in [-0.1, -0.05) is 18.2 Å². The third kappa shape index (κ3) is 6.44. The van der Waals surface area contributed by atoms with E-state index in [-0.39, 0.29) is 6.61 Å². The van der Waals surface area contributed by atoms with Gasteiger partial charge in [0.05, 0.1) is 27.0 Å². The highest BCUT2D eigenvalue weighted by Crippen LogP contribution is 2.29. The zero-order valence-electron chi connectivity index (χ0n) is 17.4. The monoisotopic (exact) mass is 415 g/mol. The first-order valence-corrected chi connectivity index (χ1v) is 9.11. The van der Waals surface area contributed by atoms with Crippen LogP contribution in [0.15, 0.2) is 42.5 Å². The van der Waals surface area contributed by atoms with Crippen molar-refractivity contribution >= 4 is 23.6 Å². The Hall–Kier alpha value is -3.68. The highest BCUT2D eigenvalue weighted by atomic mass is 16.6. The SMILES string of the molecule is C/C=C/c1ccc(OCC(=O)OCC(=O)Nc2ccc(OC)cc2OC)c(OC)c1. The summed E-state index contributed by atoms with van der Waals surface area (Å²) in [6.45, 7) is 1.08. The van der Waals surface area contributed by atoms with Crippen molar-refractivity contribution in [3.63, 3.8) is 0 Å². The molecule has 0 saturated carbocycles. The van der Waals surface area contributed by atoms with Gasteiger partial charge in [-0.05, 0) is 36.8 Å². The number of nitrogens with one attached hydrogen (secondary N) is 1. The van der Waals surface area contributed by atoms with Crippen LogP contribution in [0, 0.1) is 0 Å². The summed E-state index contributed by atoms with van der Waals surface area (Å²) in [4.78, 5) is 24.0. The molecule has 0 bridgehead atoms. The maximum absolute atomic E-state index is 12.1. The smallest absolute Gasteiger partial charge is 0.344 e. The van der Waals surface area contributed by atoms with Crippen molar-refractivity contribution in [2.75, 3.05) is 39.9 Å². The number of amides is 1. The van der Waals surface area contributed by atoms with Gasteiger partial charge in [-0.3, -0.25) is 4.79 Å². The van der Waals surface area contributed by atoms with Crippen LogP contribution in [-0.2, 0) is 14.3 Å². The van der Waals surface area contributed by atoms with Crippen LogP contribution in [0.1, 0.15) is 12.5 Å². The zero-order chi connectivity index (χ0) is 21.9. The zero-order valence-corrected chi connectivity index (χ0v) is 17.4. The van der Waals surface area contributed by atoms with Gasteiger partial charge in [0.2, 0.25) is 0 Å². The lowest BCUT2D eigenvalue weighted by Gasteiger charge is -2.12. The molecule has 2 rings (SSSR count). The number of benzene rings is 2. The van der Waals surface area contributed by atoms with E-state index in [0.717, 1.165) is 5.56 Å². The highest BCUT2D eigenvalue weighted by Gasteiger charge is 2.13. The fraction of sp³-hybridized carbons (Fsp3) is 0.273. The van der Waals surface area contributed by atoms with Crippen LogP contribution in [-0.4, -0.2) is 46.4 Å². The standard InChI is InChI=1S/C22H25NO7/c1-5-6-15-7-10-18(20(11-15)28-4)29-14-22(25)30-13-21(24)23-17-9-8-16(26-2)12-19(17)27-3/h5-12H,13-14H2,1-4H3,(H,23,24)/b6-5+. The Morgan fingerprint density at radius 1 is 0.900 bits per heavy atom. The van der Waals surface area contributed by atoms with Crippen LogP contribution in [0.5, 0.6) is 23.0 Å². The van der Waals surface area contributed by atoms with E-state index in [2.05, 4.69) is 5.32 Å². The van der Waals surface area contributed by atoms with Crippen LogP contribution in [0.3, 0.4) is 0 Å². The molecule has 2 aromatic rings. The topological polar surface area (TPSA) is 92.3 Å². The number of ether oxygens (including phenoxy) is 5. The predicted molar refractivity (Wildman–Crippen MR) is 112 cm³/mol. The lowest BCUT2D eigenvalue weighted by Crippen LogP contribution is -2.24. The summed E-state index contributed by atoms with van der Waals surface area (Å²) >= 11 is 0. The van der Waals surface area contributed by atoms with Crippen molar-refractivity contribution in [1.29, 1.82) is 0 Å². The molecule has 1 amide bonds. The minimum atomic E-state index is -0.688. The molecule has 0 fully saturated rings. The number of allylic oxidation sites excluding steroid dienone is 1. The van der Waals surface area contributed by atoms with Crippen molar-refractivity contribution in [3.05, 3.63) is 48.0 Å². The molecule has 2 aromatic carbocycles. The van der Waals surface area contributed by atoms with Crippen molar-refractivity contribution < 1.29 is 33.3 Å². The lowest BCUT2D eigenvalue weighted by molar-refractivity contribution is -0.149. The molecule has 0 aliphatic heterocycles. The highest BCUT2D eigenvalue weighted by molar-refractivity contribution is 5.94. The second-order valence-corrected chi connectivity index (χ2v) is 5.97. The van der Waals surface area contributed by atoms with Gasteiger partial charge < -0.3 is 29.0 Å². The maximum Gasteiger partial charge on any atom is 0.344 e. The van der Waals surface area contributed by atoms with Crippen molar-refractivity contribution in [1.82, 2.24) is 0 Å². The molecule has 8 nitrogen and oxygen atoms in total. The molecule has 0 aliphatic carbocycles. The van der Waals surface area contributed by atoms with Crippen molar-refractivity contribution in [2.24, 2.45) is 0 Å². The van der Waals surface area contributed by atoms with Gasteiger partial charge in [0.15, 0.2) is 24.7 Å². The summed E-state index contributed by atoms with van der Waals surface area (Å²) in [7, 11) is 4.51. The van der Waals surface area contributed by atoms with Gasteiger partial charge in [-0.25, -0.2) is 4.79 Å². The summed E-state index contributed by atoms with van der Waals surface area (Å²) in [6, 6.07) is 10.3. The molecule has 0 atom stereocenters. The molecule has 0 aromatic heterocycles.